The van der Waals surface area contributed by atoms with Gasteiger partial charge >= 0.3 is 0 Å². The molecule has 31 heavy (non-hydrogen) atoms. The molecule has 5 nitrogen and oxygen atoms in total. The first-order valence-electron chi connectivity index (χ1n) is 10.3. The van der Waals surface area contributed by atoms with E-state index in [1.165, 1.54) is 0 Å². The molecule has 3 aromatic carbocycles. The number of carbonyl (C=O) groups excluding carboxylic acids is 3. The first-order chi connectivity index (χ1) is 14.9. The largest absolute Gasteiger partial charge is 0.348 e. The highest BCUT2D eigenvalue weighted by atomic mass is 16.2. The van der Waals surface area contributed by atoms with E-state index in [1.807, 2.05) is 44.2 Å². The van der Waals surface area contributed by atoms with Crippen molar-refractivity contribution in [3.05, 3.63) is 101 Å². The predicted octanol–water partition coefficient (Wildman–Crippen LogP) is 4.83. The second-order valence-electron chi connectivity index (χ2n) is 7.77. The van der Waals surface area contributed by atoms with Gasteiger partial charge in [0, 0.05) is 29.8 Å². The smallest absolute Gasteiger partial charge is 0.252 e. The third kappa shape index (κ3) is 6.12. The maximum Gasteiger partial charge on any atom is 0.252 e. The average Bonchev–Trinajstić information content (AvgIpc) is 2.77. The molecule has 3 rings (SSSR count). The first kappa shape index (κ1) is 22.0. The number of hydrogen-bond donors (Lipinski definition) is 2. The number of anilines is 1. The van der Waals surface area contributed by atoms with Crippen LogP contribution in [0.15, 0.2) is 78.9 Å². The van der Waals surface area contributed by atoms with Gasteiger partial charge in [0.2, 0.25) is 5.91 Å². The monoisotopic (exact) mass is 414 g/mol. The molecule has 158 valence electrons. The van der Waals surface area contributed by atoms with Crippen molar-refractivity contribution in [2.45, 2.75) is 26.8 Å². The number of nitrogens with one attached hydrogen (secondary N) is 2. The van der Waals surface area contributed by atoms with Crippen molar-refractivity contribution in [2.75, 3.05) is 5.32 Å². The number of hydrogen-bond acceptors (Lipinski definition) is 3. The van der Waals surface area contributed by atoms with Crippen LogP contribution in [0.1, 0.15) is 52.1 Å². The lowest BCUT2D eigenvalue weighted by Gasteiger charge is -2.11. The molecule has 2 N–H and O–H groups in total. The summed E-state index contributed by atoms with van der Waals surface area (Å²) in [4.78, 5) is 37.7. The highest BCUT2D eigenvalue weighted by Crippen LogP contribution is 2.16. The topological polar surface area (TPSA) is 75.3 Å². The number of ketones is 1. The predicted molar refractivity (Wildman–Crippen MR) is 122 cm³/mol. The fourth-order valence-corrected chi connectivity index (χ4v) is 3.24. The van der Waals surface area contributed by atoms with Crippen molar-refractivity contribution in [3.63, 3.8) is 0 Å². The van der Waals surface area contributed by atoms with Crippen LogP contribution in [-0.4, -0.2) is 17.6 Å². The van der Waals surface area contributed by atoms with Crippen molar-refractivity contribution < 1.29 is 14.4 Å². The molecule has 0 unspecified atom stereocenters. The Morgan fingerprint density at radius 3 is 2.19 bits per heavy atom. The van der Waals surface area contributed by atoms with E-state index in [4.69, 9.17) is 0 Å². The van der Waals surface area contributed by atoms with Gasteiger partial charge in [-0.1, -0.05) is 74.5 Å². The zero-order valence-corrected chi connectivity index (χ0v) is 17.7. The summed E-state index contributed by atoms with van der Waals surface area (Å²) in [5.74, 6) is -0.277. The van der Waals surface area contributed by atoms with Gasteiger partial charge in [0.25, 0.3) is 5.91 Å². The number of amides is 2. The summed E-state index contributed by atoms with van der Waals surface area (Å²) in [5, 5.41) is 5.75. The van der Waals surface area contributed by atoms with Crippen LogP contribution in [-0.2, 0) is 11.3 Å². The van der Waals surface area contributed by atoms with Crippen LogP contribution in [0.2, 0.25) is 0 Å². The van der Waals surface area contributed by atoms with Crippen molar-refractivity contribution in [1.29, 1.82) is 0 Å². The summed E-state index contributed by atoms with van der Waals surface area (Å²) >= 11 is 0. The molecule has 0 heterocycles. The van der Waals surface area contributed by atoms with Crippen LogP contribution in [0.3, 0.4) is 0 Å². The summed E-state index contributed by atoms with van der Waals surface area (Å²) in [7, 11) is 0. The fraction of sp³-hybridized carbons (Fsp3) is 0.192. The maximum absolute atomic E-state index is 12.8. The third-order valence-electron chi connectivity index (χ3n) is 4.71. The molecule has 0 aromatic heterocycles. The molecular formula is C26H26N2O3. The van der Waals surface area contributed by atoms with Gasteiger partial charge in [-0.3, -0.25) is 14.4 Å². The van der Waals surface area contributed by atoms with Crippen LogP contribution in [0.5, 0.6) is 0 Å². The second kappa shape index (κ2) is 10.3. The number of carbonyl (C=O) groups is 3. The van der Waals surface area contributed by atoms with E-state index in [9.17, 15) is 14.4 Å². The molecule has 0 saturated heterocycles. The first-order valence-corrected chi connectivity index (χ1v) is 10.3. The molecule has 0 saturated carbocycles. The van der Waals surface area contributed by atoms with E-state index in [-0.39, 0.29) is 30.1 Å². The third-order valence-corrected chi connectivity index (χ3v) is 4.71. The Morgan fingerprint density at radius 2 is 1.48 bits per heavy atom. The molecule has 0 fully saturated rings. The average molecular weight is 415 g/mol. The van der Waals surface area contributed by atoms with Crippen LogP contribution in [0.25, 0.3) is 0 Å². The molecule has 5 heteroatoms. The van der Waals surface area contributed by atoms with Gasteiger partial charge < -0.3 is 10.6 Å². The molecule has 0 radical (unpaired) electrons. The van der Waals surface area contributed by atoms with Crippen LogP contribution < -0.4 is 10.6 Å². The van der Waals surface area contributed by atoms with Gasteiger partial charge in [0.1, 0.15) is 0 Å². The minimum absolute atomic E-state index is 0.0375. The molecule has 0 atom stereocenters. The van der Waals surface area contributed by atoms with E-state index in [2.05, 4.69) is 10.6 Å². The van der Waals surface area contributed by atoms with E-state index in [0.717, 1.165) is 5.56 Å². The zero-order chi connectivity index (χ0) is 22.2. The number of benzene rings is 3. The Balaban J connectivity index is 1.69. The van der Waals surface area contributed by atoms with E-state index in [0.29, 0.717) is 28.8 Å². The summed E-state index contributed by atoms with van der Waals surface area (Å²) < 4.78 is 0. The van der Waals surface area contributed by atoms with Crippen LogP contribution in [0.4, 0.5) is 5.69 Å². The molecule has 0 spiro atoms. The van der Waals surface area contributed by atoms with E-state index < -0.39 is 0 Å². The van der Waals surface area contributed by atoms with E-state index >= 15 is 0 Å². The SMILES string of the molecule is CC(C)CC(=O)Nc1cccc(CNC(=O)c2ccccc2C(=O)c2ccccc2)c1. The quantitative estimate of drug-likeness (QED) is 0.518. The molecule has 0 aliphatic rings. The zero-order valence-electron chi connectivity index (χ0n) is 17.7. The van der Waals surface area contributed by atoms with Crippen molar-refractivity contribution >= 4 is 23.3 Å². The maximum atomic E-state index is 12.8. The van der Waals surface area contributed by atoms with Gasteiger partial charge in [0.05, 0.1) is 5.56 Å². The van der Waals surface area contributed by atoms with Crippen molar-refractivity contribution in [1.82, 2.24) is 5.32 Å². The fourth-order valence-electron chi connectivity index (χ4n) is 3.24. The highest BCUT2D eigenvalue weighted by molar-refractivity contribution is 6.15. The van der Waals surface area contributed by atoms with Gasteiger partial charge in [-0.05, 0) is 29.7 Å². The molecular weight excluding hydrogens is 388 g/mol. The summed E-state index contributed by atoms with van der Waals surface area (Å²) in [5.41, 5.74) is 2.77. The molecule has 3 aromatic rings. The lowest BCUT2D eigenvalue weighted by molar-refractivity contribution is -0.116. The van der Waals surface area contributed by atoms with Gasteiger partial charge in [-0.2, -0.15) is 0 Å². The summed E-state index contributed by atoms with van der Waals surface area (Å²) in [6.45, 7) is 4.26. The van der Waals surface area contributed by atoms with Gasteiger partial charge in [0.15, 0.2) is 5.78 Å². The molecule has 2 amide bonds. The van der Waals surface area contributed by atoms with Gasteiger partial charge in [-0.15, -0.1) is 0 Å². The van der Waals surface area contributed by atoms with Crippen LogP contribution in [0, 0.1) is 5.92 Å². The minimum atomic E-state index is -0.325. The Bertz CT molecular complexity index is 1070. The van der Waals surface area contributed by atoms with E-state index in [1.54, 1.807) is 48.5 Å². The van der Waals surface area contributed by atoms with Crippen molar-refractivity contribution in [3.8, 4) is 0 Å². The molecule has 0 aliphatic heterocycles. The van der Waals surface area contributed by atoms with Gasteiger partial charge in [-0.25, -0.2) is 0 Å². The lowest BCUT2D eigenvalue weighted by atomic mass is 9.98. The number of rotatable bonds is 8. The summed E-state index contributed by atoms with van der Waals surface area (Å²) in [6, 6.07) is 23.0. The highest BCUT2D eigenvalue weighted by Gasteiger charge is 2.17. The molecule has 0 bridgehead atoms. The molecule has 0 aliphatic carbocycles. The normalized spacial score (nSPS) is 10.5. The van der Waals surface area contributed by atoms with Crippen molar-refractivity contribution in [2.24, 2.45) is 5.92 Å². The van der Waals surface area contributed by atoms with Crippen LogP contribution >= 0.6 is 0 Å². The Morgan fingerprint density at radius 1 is 0.806 bits per heavy atom. The minimum Gasteiger partial charge on any atom is -0.348 e. The second-order valence-corrected chi connectivity index (χ2v) is 7.77. The lowest BCUT2D eigenvalue weighted by Crippen LogP contribution is -2.25. The standard InChI is InChI=1S/C26H26N2O3/c1-18(2)15-24(29)28-21-12-8-9-19(16-21)17-27-26(31)23-14-7-6-13-22(23)25(30)20-10-4-3-5-11-20/h3-14,16,18H,15,17H2,1-2H3,(H,27,31)(H,28,29). The Hall–Kier alpha value is -3.73. The summed E-state index contributed by atoms with van der Waals surface area (Å²) in [6.07, 6.45) is 0.452. The Labute approximate surface area is 182 Å². The Kier molecular flexibility index (Phi) is 7.33.